The summed E-state index contributed by atoms with van der Waals surface area (Å²) in [6.07, 6.45) is 7.05. The highest BCUT2D eigenvalue weighted by atomic mass is 15.1. The number of imidazole rings is 2. The third-order valence-corrected chi connectivity index (χ3v) is 1.56. The normalized spacial score (nSPS) is 10.3. The first kappa shape index (κ1) is 6.15. The number of aromatic nitrogens is 4. The molecule has 2 aromatic heterocycles. The van der Waals surface area contributed by atoms with Gasteiger partial charge in [0.2, 0.25) is 0 Å². The van der Waals surface area contributed by atoms with Crippen LogP contribution < -0.4 is 0 Å². The number of rotatable bonds is 1. The fourth-order valence-electron chi connectivity index (χ4n) is 1.00. The van der Waals surface area contributed by atoms with Crippen LogP contribution in [0, 0.1) is 0 Å². The van der Waals surface area contributed by atoms with E-state index in [0.29, 0.717) is 0 Å². The second-order valence-corrected chi connectivity index (χ2v) is 2.33. The molecule has 56 valence electrons. The van der Waals surface area contributed by atoms with Crippen molar-refractivity contribution in [3.05, 3.63) is 24.9 Å². The topological polar surface area (TPSA) is 46.5 Å². The second-order valence-electron chi connectivity index (χ2n) is 2.33. The Hall–Kier alpha value is -1.58. The van der Waals surface area contributed by atoms with Gasteiger partial charge < -0.3 is 9.55 Å². The maximum Gasteiger partial charge on any atom is 0.157 e. The van der Waals surface area contributed by atoms with E-state index in [1.165, 1.54) is 0 Å². The number of aryl methyl sites for hydroxylation is 1. The van der Waals surface area contributed by atoms with Gasteiger partial charge in [-0.2, -0.15) is 0 Å². The molecule has 2 aromatic rings. The van der Waals surface area contributed by atoms with E-state index in [4.69, 9.17) is 0 Å². The summed E-state index contributed by atoms with van der Waals surface area (Å²) in [6.45, 7) is 0. The Balaban J connectivity index is 2.53. The summed E-state index contributed by atoms with van der Waals surface area (Å²) < 4.78 is 1.94. The van der Waals surface area contributed by atoms with Crippen LogP contribution in [-0.4, -0.2) is 19.5 Å². The minimum Gasteiger partial charge on any atom is -0.342 e. The largest absolute Gasteiger partial charge is 0.342 e. The van der Waals surface area contributed by atoms with Gasteiger partial charge >= 0.3 is 0 Å². The van der Waals surface area contributed by atoms with Gasteiger partial charge in [-0.15, -0.1) is 0 Å². The first-order valence-electron chi connectivity index (χ1n) is 3.34. The average molecular weight is 148 g/mol. The van der Waals surface area contributed by atoms with Crippen LogP contribution in [0.25, 0.3) is 11.5 Å². The van der Waals surface area contributed by atoms with Crippen molar-refractivity contribution >= 4 is 0 Å². The first-order valence-corrected chi connectivity index (χ1v) is 3.34. The summed E-state index contributed by atoms with van der Waals surface area (Å²) in [5.41, 5.74) is 0.942. The number of H-pyrrole nitrogens is 1. The molecule has 0 fully saturated rings. The van der Waals surface area contributed by atoms with E-state index in [0.717, 1.165) is 11.5 Å². The zero-order valence-electron chi connectivity index (χ0n) is 6.15. The molecule has 0 aliphatic heterocycles. The Labute approximate surface area is 63.9 Å². The SMILES string of the molecule is Cn1ccnc1-c1cnc[nH]1. The molecule has 0 saturated carbocycles. The van der Waals surface area contributed by atoms with Crippen molar-refractivity contribution in [2.45, 2.75) is 0 Å². The molecule has 0 saturated heterocycles. The Morgan fingerprint density at radius 1 is 1.55 bits per heavy atom. The molecule has 0 amide bonds. The number of nitrogens with zero attached hydrogens (tertiary/aromatic N) is 3. The fraction of sp³-hybridized carbons (Fsp3) is 0.143. The van der Waals surface area contributed by atoms with Crippen LogP contribution in [0.5, 0.6) is 0 Å². The minimum atomic E-state index is 0.905. The maximum atomic E-state index is 4.15. The summed E-state index contributed by atoms with van der Waals surface area (Å²) in [4.78, 5) is 11.0. The molecule has 0 aromatic carbocycles. The lowest BCUT2D eigenvalue weighted by Gasteiger charge is -1.95. The molecule has 2 heterocycles. The Bertz CT molecular complexity index is 333. The summed E-state index contributed by atoms with van der Waals surface area (Å²) in [5, 5.41) is 0. The van der Waals surface area contributed by atoms with Crippen LogP contribution in [0.15, 0.2) is 24.9 Å². The van der Waals surface area contributed by atoms with Crippen molar-refractivity contribution in [1.29, 1.82) is 0 Å². The minimum absolute atomic E-state index is 0.905. The highest BCUT2D eigenvalue weighted by Crippen LogP contribution is 2.10. The third-order valence-electron chi connectivity index (χ3n) is 1.56. The van der Waals surface area contributed by atoms with E-state index in [1.807, 2.05) is 17.8 Å². The fourth-order valence-corrected chi connectivity index (χ4v) is 1.00. The van der Waals surface area contributed by atoms with Crippen molar-refractivity contribution < 1.29 is 0 Å². The highest BCUT2D eigenvalue weighted by Gasteiger charge is 2.01. The van der Waals surface area contributed by atoms with E-state index < -0.39 is 0 Å². The number of aromatic amines is 1. The monoisotopic (exact) mass is 148 g/mol. The summed E-state index contributed by atoms with van der Waals surface area (Å²) in [7, 11) is 1.95. The zero-order chi connectivity index (χ0) is 7.68. The zero-order valence-corrected chi connectivity index (χ0v) is 6.15. The van der Waals surface area contributed by atoms with Gasteiger partial charge in [0, 0.05) is 19.4 Å². The Morgan fingerprint density at radius 2 is 2.45 bits per heavy atom. The standard InChI is InChI=1S/C7H8N4/c1-11-3-2-9-7(11)6-4-8-5-10-6/h2-5H,1H3,(H,8,10). The van der Waals surface area contributed by atoms with Crippen LogP contribution in [-0.2, 0) is 7.05 Å². The molecular formula is C7H8N4. The lowest BCUT2D eigenvalue weighted by atomic mass is 10.4. The van der Waals surface area contributed by atoms with Crippen LogP contribution in [0.2, 0.25) is 0 Å². The Kier molecular flexibility index (Phi) is 1.25. The third kappa shape index (κ3) is 0.920. The van der Waals surface area contributed by atoms with Crippen LogP contribution >= 0.6 is 0 Å². The van der Waals surface area contributed by atoms with Crippen molar-refractivity contribution in [3.63, 3.8) is 0 Å². The van der Waals surface area contributed by atoms with Gasteiger partial charge in [0.15, 0.2) is 5.82 Å². The van der Waals surface area contributed by atoms with Gasteiger partial charge in [0.25, 0.3) is 0 Å². The molecule has 11 heavy (non-hydrogen) atoms. The summed E-state index contributed by atoms with van der Waals surface area (Å²) in [6, 6.07) is 0. The molecule has 0 radical (unpaired) electrons. The van der Waals surface area contributed by atoms with Crippen molar-refractivity contribution in [2.75, 3.05) is 0 Å². The van der Waals surface area contributed by atoms with Crippen molar-refractivity contribution in [1.82, 2.24) is 19.5 Å². The molecule has 0 unspecified atom stereocenters. The molecule has 0 atom stereocenters. The van der Waals surface area contributed by atoms with E-state index in [2.05, 4.69) is 15.0 Å². The summed E-state index contributed by atoms with van der Waals surface area (Å²) in [5.74, 6) is 0.905. The number of nitrogens with one attached hydrogen (secondary N) is 1. The molecule has 0 bridgehead atoms. The average Bonchev–Trinajstić information content (AvgIpc) is 2.55. The lowest BCUT2D eigenvalue weighted by Crippen LogP contribution is -1.90. The first-order chi connectivity index (χ1) is 5.38. The smallest absolute Gasteiger partial charge is 0.157 e. The van der Waals surface area contributed by atoms with Gasteiger partial charge in [0.05, 0.1) is 12.5 Å². The number of hydrogen-bond acceptors (Lipinski definition) is 2. The van der Waals surface area contributed by atoms with E-state index in [1.54, 1.807) is 18.7 Å². The van der Waals surface area contributed by atoms with Crippen molar-refractivity contribution in [2.24, 2.45) is 7.05 Å². The maximum absolute atomic E-state index is 4.15. The molecule has 0 aliphatic carbocycles. The van der Waals surface area contributed by atoms with Gasteiger partial charge in [-0.3, -0.25) is 0 Å². The highest BCUT2D eigenvalue weighted by molar-refractivity contribution is 5.47. The lowest BCUT2D eigenvalue weighted by molar-refractivity contribution is 0.919. The molecule has 2 rings (SSSR count). The molecular weight excluding hydrogens is 140 g/mol. The predicted molar refractivity (Wildman–Crippen MR) is 40.8 cm³/mol. The molecule has 1 N–H and O–H groups in total. The van der Waals surface area contributed by atoms with Gasteiger partial charge in [0.1, 0.15) is 5.69 Å². The van der Waals surface area contributed by atoms with Gasteiger partial charge in [-0.05, 0) is 0 Å². The summed E-state index contributed by atoms with van der Waals surface area (Å²) >= 11 is 0. The number of hydrogen-bond donors (Lipinski definition) is 1. The van der Waals surface area contributed by atoms with E-state index in [-0.39, 0.29) is 0 Å². The second kappa shape index (κ2) is 2.23. The van der Waals surface area contributed by atoms with Crippen molar-refractivity contribution in [3.8, 4) is 11.5 Å². The van der Waals surface area contributed by atoms with Crippen LogP contribution in [0.1, 0.15) is 0 Å². The van der Waals surface area contributed by atoms with Crippen LogP contribution in [0.4, 0.5) is 0 Å². The molecule has 0 aliphatic rings. The van der Waals surface area contributed by atoms with E-state index >= 15 is 0 Å². The van der Waals surface area contributed by atoms with Gasteiger partial charge in [-0.25, -0.2) is 9.97 Å². The quantitative estimate of drug-likeness (QED) is 0.650. The Morgan fingerprint density at radius 3 is 3.00 bits per heavy atom. The molecule has 0 spiro atoms. The van der Waals surface area contributed by atoms with Crippen LogP contribution in [0.3, 0.4) is 0 Å². The molecule has 4 nitrogen and oxygen atoms in total. The molecule has 4 heteroatoms. The van der Waals surface area contributed by atoms with Gasteiger partial charge in [-0.1, -0.05) is 0 Å². The van der Waals surface area contributed by atoms with E-state index in [9.17, 15) is 0 Å². The predicted octanol–water partition coefficient (Wildman–Crippen LogP) is 0.810.